The standard InChI is InChI=1S/C16H20N2OS/c1-16(2,3)14(13-10-7-11-20-13)18-15(19)17-12-8-5-4-6-9-12/h4-11,14H,1-3H3,(H2,17,18,19)/t14-/m0/s1. The number of thiophene rings is 1. The van der Waals surface area contributed by atoms with E-state index in [1.54, 1.807) is 11.3 Å². The molecule has 0 bridgehead atoms. The quantitative estimate of drug-likeness (QED) is 0.847. The summed E-state index contributed by atoms with van der Waals surface area (Å²) in [6.45, 7) is 6.38. The van der Waals surface area contributed by atoms with Gasteiger partial charge < -0.3 is 10.6 Å². The molecule has 0 saturated heterocycles. The zero-order chi connectivity index (χ0) is 14.6. The van der Waals surface area contributed by atoms with E-state index in [-0.39, 0.29) is 17.5 Å². The van der Waals surface area contributed by atoms with Crippen LogP contribution in [-0.2, 0) is 0 Å². The Labute approximate surface area is 124 Å². The van der Waals surface area contributed by atoms with Gasteiger partial charge in [0.25, 0.3) is 0 Å². The molecule has 2 rings (SSSR count). The Morgan fingerprint density at radius 2 is 1.80 bits per heavy atom. The number of rotatable bonds is 3. The van der Waals surface area contributed by atoms with Crippen LogP contribution in [0.4, 0.5) is 10.5 Å². The highest BCUT2D eigenvalue weighted by molar-refractivity contribution is 7.10. The molecule has 20 heavy (non-hydrogen) atoms. The maximum absolute atomic E-state index is 12.1. The van der Waals surface area contributed by atoms with E-state index >= 15 is 0 Å². The van der Waals surface area contributed by atoms with Crippen LogP contribution in [0.5, 0.6) is 0 Å². The summed E-state index contributed by atoms with van der Waals surface area (Å²) >= 11 is 1.66. The second-order valence-corrected chi connectivity index (χ2v) is 6.76. The van der Waals surface area contributed by atoms with Crippen LogP contribution in [0.1, 0.15) is 31.7 Å². The lowest BCUT2D eigenvalue weighted by Gasteiger charge is -2.30. The third-order valence-corrected chi connectivity index (χ3v) is 3.94. The van der Waals surface area contributed by atoms with E-state index in [9.17, 15) is 4.79 Å². The van der Waals surface area contributed by atoms with E-state index in [1.165, 1.54) is 4.88 Å². The summed E-state index contributed by atoms with van der Waals surface area (Å²) in [5.41, 5.74) is 0.752. The first-order valence-corrected chi connectivity index (χ1v) is 7.51. The van der Waals surface area contributed by atoms with Crippen LogP contribution in [-0.4, -0.2) is 6.03 Å². The number of urea groups is 1. The second-order valence-electron chi connectivity index (χ2n) is 5.78. The predicted octanol–water partition coefficient (Wildman–Crippen LogP) is 4.66. The molecule has 0 aliphatic rings. The molecular formula is C16H20N2OS. The molecule has 0 radical (unpaired) electrons. The van der Waals surface area contributed by atoms with Gasteiger partial charge in [0.15, 0.2) is 0 Å². The summed E-state index contributed by atoms with van der Waals surface area (Å²) in [7, 11) is 0. The molecule has 0 aliphatic heterocycles. The first kappa shape index (κ1) is 14.6. The molecule has 2 amide bonds. The Morgan fingerprint density at radius 3 is 2.35 bits per heavy atom. The number of hydrogen-bond acceptors (Lipinski definition) is 2. The van der Waals surface area contributed by atoms with Crippen LogP contribution in [0, 0.1) is 5.41 Å². The number of anilines is 1. The van der Waals surface area contributed by atoms with Gasteiger partial charge in [-0.3, -0.25) is 0 Å². The van der Waals surface area contributed by atoms with Crippen LogP contribution >= 0.6 is 11.3 Å². The zero-order valence-corrected chi connectivity index (χ0v) is 12.8. The topological polar surface area (TPSA) is 41.1 Å². The molecule has 2 N–H and O–H groups in total. The molecule has 1 aromatic carbocycles. The molecule has 0 fully saturated rings. The maximum Gasteiger partial charge on any atom is 0.319 e. The van der Waals surface area contributed by atoms with E-state index in [0.29, 0.717) is 0 Å². The summed E-state index contributed by atoms with van der Waals surface area (Å²) in [4.78, 5) is 13.3. The number of carbonyl (C=O) groups excluding carboxylic acids is 1. The third-order valence-electron chi connectivity index (χ3n) is 3.00. The minimum atomic E-state index is -0.176. The van der Waals surface area contributed by atoms with Gasteiger partial charge in [0, 0.05) is 10.6 Å². The monoisotopic (exact) mass is 288 g/mol. The highest BCUT2D eigenvalue weighted by atomic mass is 32.1. The number of benzene rings is 1. The molecule has 106 valence electrons. The van der Waals surface area contributed by atoms with Crippen molar-refractivity contribution < 1.29 is 4.79 Å². The van der Waals surface area contributed by atoms with Crippen molar-refractivity contribution in [2.45, 2.75) is 26.8 Å². The van der Waals surface area contributed by atoms with Gasteiger partial charge in [0.2, 0.25) is 0 Å². The summed E-state index contributed by atoms with van der Waals surface area (Å²) in [6, 6.07) is 13.3. The van der Waals surface area contributed by atoms with Crippen LogP contribution in [0.15, 0.2) is 47.8 Å². The van der Waals surface area contributed by atoms with E-state index in [1.807, 2.05) is 41.8 Å². The first-order valence-electron chi connectivity index (χ1n) is 6.63. The van der Waals surface area contributed by atoms with E-state index in [0.717, 1.165) is 5.69 Å². The molecule has 1 aromatic heterocycles. The average Bonchev–Trinajstić information content (AvgIpc) is 2.89. The van der Waals surface area contributed by atoms with Gasteiger partial charge in [-0.1, -0.05) is 45.0 Å². The molecule has 4 heteroatoms. The molecule has 2 aromatic rings. The molecular weight excluding hydrogens is 268 g/mol. The highest BCUT2D eigenvalue weighted by Crippen LogP contribution is 2.35. The molecule has 0 unspecified atom stereocenters. The van der Waals surface area contributed by atoms with Gasteiger partial charge in [-0.15, -0.1) is 11.3 Å². The number of para-hydroxylation sites is 1. The summed E-state index contributed by atoms with van der Waals surface area (Å²) in [6.07, 6.45) is 0. The van der Waals surface area contributed by atoms with Gasteiger partial charge in [-0.05, 0) is 29.0 Å². The van der Waals surface area contributed by atoms with Crippen molar-refractivity contribution in [2.75, 3.05) is 5.32 Å². The normalized spacial score (nSPS) is 12.8. The first-order chi connectivity index (χ1) is 9.47. The van der Waals surface area contributed by atoms with Crippen molar-refractivity contribution >= 4 is 23.1 Å². The van der Waals surface area contributed by atoms with Crippen LogP contribution in [0.3, 0.4) is 0 Å². The van der Waals surface area contributed by atoms with E-state index < -0.39 is 0 Å². The van der Waals surface area contributed by atoms with Gasteiger partial charge >= 0.3 is 6.03 Å². The SMILES string of the molecule is CC(C)(C)[C@@H](NC(=O)Nc1ccccc1)c1cccs1. The van der Waals surface area contributed by atoms with Crippen molar-refractivity contribution in [3.63, 3.8) is 0 Å². The fraction of sp³-hybridized carbons (Fsp3) is 0.312. The lowest BCUT2D eigenvalue weighted by molar-refractivity contribution is 0.230. The average molecular weight is 288 g/mol. The fourth-order valence-electron chi connectivity index (χ4n) is 1.99. The number of hydrogen-bond donors (Lipinski definition) is 2. The van der Waals surface area contributed by atoms with Gasteiger partial charge in [-0.2, -0.15) is 0 Å². The lowest BCUT2D eigenvalue weighted by Crippen LogP contribution is -2.38. The minimum Gasteiger partial charge on any atom is -0.330 e. The lowest BCUT2D eigenvalue weighted by atomic mass is 9.86. The van der Waals surface area contributed by atoms with Crippen LogP contribution in [0.2, 0.25) is 0 Å². The Hall–Kier alpha value is -1.81. The highest BCUT2D eigenvalue weighted by Gasteiger charge is 2.28. The van der Waals surface area contributed by atoms with Gasteiger partial charge in [0.05, 0.1) is 6.04 Å². The largest absolute Gasteiger partial charge is 0.330 e. The Balaban J connectivity index is 2.07. The zero-order valence-electron chi connectivity index (χ0n) is 12.0. The van der Waals surface area contributed by atoms with Crippen molar-refractivity contribution in [1.29, 1.82) is 0 Å². The third kappa shape index (κ3) is 3.84. The van der Waals surface area contributed by atoms with Gasteiger partial charge in [-0.25, -0.2) is 4.79 Å². The summed E-state index contributed by atoms with van der Waals surface area (Å²) in [5, 5.41) is 7.96. The molecule has 0 spiro atoms. The number of nitrogens with one attached hydrogen (secondary N) is 2. The predicted molar refractivity (Wildman–Crippen MR) is 85.1 cm³/mol. The molecule has 0 aliphatic carbocycles. The van der Waals surface area contributed by atoms with Crippen molar-refractivity contribution in [1.82, 2.24) is 5.32 Å². The summed E-state index contributed by atoms with van der Waals surface area (Å²) < 4.78 is 0. The second kappa shape index (κ2) is 6.09. The number of amides is 2. The van der Waals surface area contributed by atoms with E-state index in [2.05, 4.69) is 37.5 Å². The molecule has 1 atom stereocenters. The van der Waals surface area contributed by atoms with Crippen molar-refractivity contribution in [3.8, 4) is 0 Å². The van der Waals surface area contributed by atoms with Crippen molar-refractivity contribution in [3.05, 3.63) is 52.7 Å². The minimum absolute atomic E-state index is 0.00814. The van der Waals surface area contributed by atoms with Crippen LogP contribution in [0.25, 0.3) is 0 Å². The van der Waals surface area contributed by atoms with Crippen molar-refractivity contribution in [2.24, 2.45) is 5.41 Å². The Kier molecular flexibility index (Phi) is 4.45. The maximum atomic E-state index is 12.1. The Morgan fingerprint density at radius 1 is 1.10 bits per heavy atom. The molecule has 0 saturated carbocycles. The van der Waals surface area contributed by atoms with E-state index in [4.69, 9.17) is 0 Å². The fourth-order valence-corrected chi connectivity index (χ4v) is 3.01. The number of carbonyl (C=O) groups is 1. The molecule has 1 heterocycles. The smallest absolute Gasteiger partial charge is 0.319 e. The van der Waals surface area contributed by atoms with Gasteiger partial charge in [0.1, 0.15) is 0 Å². The Bertz CT molecular complexity index is 544. The van der Waals surface area contributed by atoms with Crippen LogP contribution < -0.4 is 10.6 Å². The molecule has 3 nitrogen and oxygen atoms in total. The summed E-state index contributed by atoms with van der Waals surface area (Å²) in [5.74, 6) is 0.